The summed E-state index contributed by atoms with van der Waals surface area (Å²) < 4.78 is 5.37. The van der Waals surface area contributed by atoms with Gasteiger partial charge in [-0.1, -0.05) is 20.8 Å². The van der Waals surface area contributed by atoms with Crippen molar-refractivity contribution in [2.24, 2.45) is 0 Å². The molecule has 0 aliphatic heterocycles. The lowest BCUT2D eigenvalue weighted by atomic mass is 10.3. The minimum Gasteiger partial charge on any atom is -0.383 e. The molecule has 0 aromatic heterocycles. The zero-order valence-corrected chi connectivity index (χ0v) is 10.9. The predicted octanol–water partition coefficient (Wildman–Crippen LogP) is 2.53. The molecule has 0 aliphatic carbocycles. The van der Waals surface area contributed by atoms with E-state index in [9.17, 15) is 0 Å². The third-order valence-electron chi connectivity index (χ3n) is 1.77. The van der Waals surface area contributed by atoms with Crippen molar-refractivity contribution < 1.29 is 4.74 Å². The molecule has 0 rings (SSSR count). The van der Waals surface area contributed by atoms with E-state index in [0.29, 0.717) is 4.75 Å². The zero-order chi connectivity index (χ0) is 10.9. The van der Waals surface area contributed by atoms with E-state index in [4.69, 9.17) is 4.74 Å². The second kappa shape index (κ2) is 8.57. The Morgan fingerprint density at radius 2 is 1.86 bits per heavy atom. The minimum atomic E-state index is 0.420. The average Bonchev–Trinajstić information content (AvgIpc) is 2.08. The normalized spacial score (nSPS) is 12.0. The first-order valence-electron chi connectivity index (χ1n) is 5.40. The maximum Gasteiger partial charge on any atom is 0.0587 e. The Morgan fingerprint density at radius 1 is 1.14 bits per heavy atom. The van der Waals surface area contributed by atoms with E-state index >= 15 is 0 Å². The first kappa shape index (κ1) is 14.3. The van der Waals surface area contributed by atoms with E-state index < -0.39 is 0 Å². The van der Waals surface area contributed by atoms with Crippen molar-refractivity contribution in [3.05, 3.63) is 0 Å². The maximum atomic E-state index is 4.95. The SMILES string of the molecule is COCCNCCCCSC(C)(C)C. The Bertz CT molecular complexity index is 123. The molecule has 0 aliphatic rings. The zero-order valence-electron chi connectivity index (χ0n) is 10.1. The molecule has 0 fully saturated rings. The Hall–Kier alpha value is 0.270. The Labute approximate surface area is 93.2 Å². The fourth-order valence-corrected chi connectivity index (χ4v) is 1.99. The summed E-state index contributed by atoms with van der Waals surface area (Å²) in [7, 11) is 1.74. The second-order valence-corrected chi connectivity index (χ2v) is 6.33. The first-order chi connectivity index (χ1) is 6.56. The van der Waals surface area contributed by atoms with Gasteiger partial charge in [0.1, 0.15) is 0 Å². The molecule has 0 unspecified atom stereocenters. The molecule has 0 aromatic rings. The number of methoxy groups -OCH3 is 1. The summed E-state index contributed by atoms with van der Waals surface area (Å²) in [5, 5.41) is 3.35. The van der Waals surface area contributed by atoms with E-state index in [-0.39, 0.29) is 0 Å². The van der Waals surface area contributed by atoms with Gasteiger partial charge in [0.2, 0.25) is 0 Å². The van der Waals surface area contributed by atoms with Crippen LogP contribution < -0.4 is 5.32 Å². The Balaban J connectivity index is 2.99. The number of unbranched alkanes of at least 4 members (excludes halogenated alkanes) is 1. The molecule has 0 radical (unpaired) electrons. The molecule has 2 nitrogen and oxygen atoms in total. The van der Waals surface area contributed by atoms with Crippen LogP contribution in [0.25, 0.3) is 0 Å². The van der Waals surface area contributed by atoms with Crippen LogP contribution in [0, 0.1) is 0 Å². The van der Waals surface area contributed by atoms with Crippen molar-refractivity contribution in [1.82, 2.24) is 5.32 Å². The lowest BCUT2D eigenvalue weighted by Gasteiger charge is -2.17. The van der Waals surface area contributed by atoms with Gasteiger partial charge < -0.3 is 10.1 Å². The summed E-state index contributed by atoms with van der Waals surface area (Å²) in [6, 6.07) is 0. The smallest absolute Gasteiger partial charge is 0.0587 e. The number of nitrogens with one attached hydrogen (secondary N) is 1. The van der Waals surface area contributed by atoms with Crippen LogP contribution in [-0.2, 0) is 4.74 Å². The van der Waals surface area contributed by atoms with E-state index in [1.807, 2.05) is 11.8 Å². The quantitative estimate of drug-likeness (QED) is 0.634. The van der Waals surface area contributed by atoms with Gasteiger partial charge in [-0.05, 0) is 25.1 Å². The molecule has 0 bridgehead atoms. The number of ether oxygens (including phenoxy) is 1. The van der Waals surface area contributed by atoms with Crippen LogP contribution in [0.4, 0.5) is 0 Å². The van der Waals surface area contributed by atoms with Crippen molar-refractivity contribution in [3.8, 4) is 0 Å². The molecule has 3 heteroatoms. The van der Waals surface area contributed by atoms with Gasteiger partial charge in [-0.3, -0.25) is 0 Å². The predicted molar refractivity (Wildman–Crippen MR) is 66.2 cm³/mol. The summed E-state index contributed by atoms with van der Waals surface area (Å²) in [4.78, 5) is 0. The molecule has 1 N–H and O–H groups in total. The van der Waals surface area contributed by atoms with E-state index in [0.717, 1.165) is 19.7 Å². The highest BCUT2D eigenvalue weighted by Gasteiger charge is 2.08. The molecule has 0 heterocycles. The van der Waals surface area contributed by atoms with E-state index in [1.165, 1.54) is 18.6 Å². The van der Waals surface area contributed by atoms with Crippen LogP contribution in [-0.4, -0.2) is 37.3 Å². The summed E-state index contributed by atoms with van der Waals surface area (Å²) in [5.41, 5.74) is 0. The molecule has 0 saturated carbocycles. The lowest BCUT2D eigenvalue weighted by Crippen LogP contribution is -2.20. The third-order valence-corrected chi connectivity index (χ3v) is 3.12. The summed E-state index contributed by atoms with van der Waals surface area (Å²) >= 11 is 2.05. The van der Waals surface area contributed by atoms with Crippen molar-refractivity contribution in [1.29, 1.82) is 0 Å². The van der Waals surface area contributed by atoms with Crippen molar-refractivity contribution in [3.63, 3.8) is 0 Å². The van der Waals surface area contributed by atoms with E-state index in [2.05, 4.69) is 26.1 Å². The maximum absolute atomic E-state index is 4.95. The average molecular weight is 219 g/mol. The highest BCUT2D eigenvalue weighted by molar-refractivity contribution is 8.00. The molecule has 0 spiro atoms. The van der Waals surface area contributed by atoms with Gasteiger partial charge in [0.25, 0.3) is 0 Å². The molecule has 14 heavy (non-hydrogen) atoms. The van der Waals surface area contributed by atoms with Gasteiger partial charge in [0, 0.05) is 18.4 Å². The van der Waals surface area contributed by atoms with Crippen molar-refractivity contribution in [2.75, 3.05) is 32.6 Å². The summed E-state index contributed by atoms with van der Waals surface area (Å²) in [6.45, 7) is 9.73. The number of hydrogen-bond donors (Lipinski definition) is 1. The molecule has 0 aromatic carbocycles. The number of rotatable bonds is 8. The molecule has 0 amide bonds. The standard InChI is InChI=1S/C11H25NOS/c1-11(2,3)14-10-6-5-7-12-8-9-13-4/h12H,5-10H2,1-4H3. The highest BCUT2D eigenvalue weighted by atomic mass is 32.2. The van der Waals surface area contributed by atoms with Gasteiger partial charge in [0.15, 0.2) is 0 Å². The van der Waals surface area contributed by atoms with Gasteiger partial charge in [-0.25, -0.2) is 0 Å². The molecule has 0 saturated heterocycles. The van der Waals surface area contributed by atoms with Gasteiger partial charge in [-0.15, -0.1) is 0 Å². The molecule has 0 atom stereocenters. The van der Waals surface area contributed by atoms with Crippen LogP contribution in [0.3, 0.4) is 0 Å². The Kier molecular flexibility index (Phi) is 8.73. The topological polar surface area (TPSA) is 21.3 Å². The Morgan fingerprint density at radius 3 is 2.43 bits per heavy atom. The van der Waals surface area contributed by atoms with Crippen molar-refractivity contribution in [2.45, 2.75) is 38.4 Å². The van der Waals surface area contributed by atoms with Gasteiger partial charge >= 0.3 is 0 Å². The summed E-state index contributed by atoms with van der Waals surface area (Å²) in [5.74, 6) is 1.27. The van der Waals surface area contributed by atoms with Crippen LogP contribution in [0.5, 0.6) is 0 Å². The van der Waals surface area contributed by atoms with Crippen LogP contribution >= 0.6 is 11.8 Å². The molecular weight excluding hydrogens is 194 g/mol. The molecule has 86 valence electrons. The molecular formula is C11H25NOS. The summed E-state index contributed by atoms with van der Waals surface area (Å²) in [6.07, 6.45) is 2.58. The van der Waals surface area contributed by atoms with Crippen LogP contribution in [0.2, 0.25) is 0 Å². The van der Waals surface area contributed by atoms with E-state index in [1.54, 1.807) is 7.11 Å². The lowest BCUT2D eigenvalue weighted by molar-refractivity contribution is 0.199. The first-order valence-corrected chi connectivity index (χ1v) is 6.38. The highest BCUT2D eigenvalue weighted by Crippen LogP contribution is 2.23. The monoisotopic (exact) mass is 219 g/mol. The fourth-order valence-electron chi connectivity index (χ4n) is 1.03. The minimum absolute atomic E-state index is 0.420. The van der Waals surface area contributed by atoms with Crippen molar-refractivity contribution >= 4 is 11.8 Å². The van der Waals surface area contributed by atoms with Crippen LogP contribution in [0.1, 0.15) is 33.6 Å². The number of hydrogen-bond acceptors (Lipinski definition) is 3. The van der Waals surface area contributed by atoms with Crippen LogP contribution in [0.15, 0.2) is 0 Å². The van der Waals surface area contributed by atoms with Gasteiger partial charge in [0.05, 0.1) is 6.61 Å². The third kappa shape index (κ3) is 12.3. The largest absolute Gasteiger partial charge is 0.383 e. The second-order valence-electron chi connectivity index (χ2n) is 4.41. The number of thioether (sulfide) groups is 1. The fraction of sp³-hybridized carbons (Fsp3) is 1.00. The van der Waals surface area contributed by atoms with Gasteiger partial charge in [-0.2, -0.15) is 11.8 Å².